The first-order valence-electron chi connectivity index (χ1n) is 13.2. The van der Waals surface area contributed by atoms with Crippen LogP contribution in [0.3, 0.4) is 0 Å². The van der Waals surface area contributed by atoms with Crippen LogP contribution in [0.4, 0.5) is 5.82 Å². The average Bonchev–Trinajstić information content (AvgIpc) is 2.92. The minimum atomic E-state index is -0.734. The summed E-state index contributed by atoms with van der Waals surface area (Å²) < 4.78 is 5.95. The van der Waals surface area contributed by atoms with Crippen LogP contribution in [0.2, 0.25) is 0 Å². The summed E-state index contributed by atoms with van der Waals surface area (Å²) in [7, 11) is 0. The first-order valence-corrected chi connectivity index (χ1v) is 13.2. The van der Waals surface area contributed by atoms with Gasteiger partial charge in [-0.25, -0.2) is 4.98 Å². The number of aliphatic carboxylic acids is 1. The van der Waals surface area contributed by atoms with E-state index in [1.807, 2.05) is 6.07 Å². The standard InChI is InChI=1S/C28H36N4O5/c1-19-12-16-32(17-13-19)25-11-6-22(18-31-25)27(34)30-15-14-29-26(33)20-2-7-23(8-3-20)37-24-9-4-21(5-10-24)28(35)36/h2-3,6-8,11,18-19,21,24H,4-5,9-10,12-17H2,1H3,(H,29,33)(H,30,34)(H,35,36)/t21-,24+. The van der Waals surface area contributed by atoms with Crippen LogP contribution in [0.1, 0.15) is 66.2 Å². The summed E-state index contributed by atoms with van der Waals surface area (Å²) in [6.45, 7) is 4.85. The minimum Gasteiger partial charge on any atom is -0.490 e. The van der Waals surface area contributed by atoms with Crippen LogP contribution >= 0.6 is 0 Å². The number of rotatable bonds is 9. The fraction of sp³-hybridized carbons (Fsp3) is 0.500. The molecule has 198 valence electrons. The van der Waals surface area contributed by atoms with Gasteiger partial charge < -0.3 is 25.4 Å². The maximum atomic E-state index is 12.4. The van der Waals surface area contributed by atoms with Gasteiger partial charge in [0.2, 0.25) is 0 Å². The first kappa shape index (κ1) is 26.4. The lowest BCUT2D eigenvalue weighted by Crippen LogP contribution is -2.35. The molecule has 1 aliphatic heterocycles. The Balaban J connectivity index is 1.15. The van der Waals surface area contributed by atoms with Crippen LogP contribution in [-0.4, -0.2) is 60.2 Å². The summed E-state index contributed by atoms with van der Waals surface area (Å²) in [5.41, 5.74) is 0.993. The highest BCUT2D eigenvalue weighted by Crippen LogP contribution is 2.28. The quantitative estimate of drug-likeness (QED) is 0.443. The van der Waals surface area contributed by atoms with E-state index in [1.165, 1.54) is 0 Å². The van der Waals surface area contributed by atoms with Crippen molar-refractivity contribution in [2.45, 2.75) is 51.6 Å². The average molecular weight is 509 g/mol. The molecule has 2 fully saturated rings. The molecule has 0 unspecified atom stereocenters. The number of nitrogens with zero attached hydrogens (tertiary/aromatic N) is 2. The van der Waals surface area contributed by atoms with Crippen LogP contribution in [-0.2, 0) is 4.79 Å². The SMILES string of the molecule is CC1CCN(c2ccc(C(=O)NCCNC(=O)c3ccc(O[C@H]4CC[C@@H](C(=O)O)CC4)cc3)cn2)CC1. The largest absolute Gasteiger partial charge is 0.490 e. The molecule has 1 saturated heterocycles. The van der Waals surface area contributed by atoms with Gasteiger partial charge in [0, 0.05) is 37.9 Å². The number of hydrogen-bond acceptors (Lipinski definition) is 6. The fourth-order valence-corrected chi connectivity index (χ4v) is 4.81. The van der Waals surface area contributed by atoms with E-state index in [0.29, 0.717) is 55.6 Å². The van der Waals surface area contributed by atoms with Crippen LogP contribution < -0.4 is 20.3 Å². The van der Waals surface area contributed by atoms with E-state index in [-0.39, 0.29) is 23.8 Å². The zero-order valence-electron chi connectivity index (χ0n) is 21.3. The number of carbonyl (C=O) groups excluding carboxylic acids is 2. The van der Waals surface area contributed by atoms with E-state index in [4.69, 9.17) is 9.84 Å². The van der Waals surface area contributed by atoms with Crippen LogP contribution in [0, 0.1) is 11.8 Å². The van der Waals surface area contributed by atoms with Gasteiger partial charge in [0.1, 0.15) is 11.6 Å². The van der Waals surface area contributed by atoms with E-state index in [1.54, 1.807) is 36.5 Å². The summed E-state index contributed by atoms with van der Waals surface area (Å²) in [5, 5.41) is 14.7. The smallest absolute Gasteiger partial charge is 0.306 e. The molecule has 0 radical (unpaired) electrons. The van der Waals surface area contributed by atoms with Crippen molar-refractivity contribution in [3.63, 3.8) is 0 Å². The molecule has 0 atom stereocenters. The summed E-state index contributed by atoms with van der Waals surface area (Å²) >= 11 is 0. The Morgan fingerprint density at radius 2 is 1.49 bits per heavy atom. The van der Waals surface area contributed by atoms with Crippen molar-refractivity contribution < 1.29 is 24.2 Å². The number of benzene rings is 1. The molecule has 2 aliphatic rings. The fourth-order valence-electron chi connectivity index (χ4n) is 4.81. The number of hydrogen-bond donors (Lipinski definition) is 3. The first-order chi connectivity index (χ1) is 17.9. The van der Waals surface area contributed by atoms with Crippen LogP contribution in [0.15, 0.2) is 42.6 Å². The predicted molar refractivity (Wildman–Crippen MR) is 140 cm³/mol. The third-order valence-electron chi connectivity index (χ3n) is 7.26. The Labute approximate surface area is 217 Å². The number of anilines is 1. The predicted octanol–water partition coefficient (Wildman–Crippen LogP) is 3.50. The lowest BCUT2D eigenvalue weighted by atomic mass is 9.87. The third kappa shape index (κ3) is 7.44. The monoisotopic (exact) mass is 508 g/mol. The van der Waals surface area contributed by atoms with Gasteiger partial charge in [-0.3, -0.25) is 14.4 Å². The van der Waals surface area contributed by atoms with Gasteiger partial charge >= 0.3 is 5.97 Å². The number of piperidine rings is 1. The van der Waals surface area contributed by atoms with Gasteiger partial charge in [0.25, 0.3) is 11.8 Å². The highest BCUT2D eigenvalue weighted by Gasteiger charge is 2.27. The van der Waals surface area contributed by atoms with Crippen molar-refractivity contribution in [3.05, 3.63) is 53.7 Å². The highest BCUT2D eigenvalue weighted by atomic mass is 16.5. The Morgan fingerprint density at radius 1 is 0.892 bits per heavy atom. The maximum absolute atomic E-state index is 12.4. The number of carbonyl (C=O) groups is 3. The molecule has 0 spiro atoms. The minimum absolute atomic E-state index is 0.00104. The molecule has 1 aromatic heterocycles. The number of pyridine rings is 1. The number of ether oxygens (including phenoxy) is 1. The molecule has 1 aromatic carbocycles. The van der Waals surface area contributed by atoms with Gasteiger partial charge in [-0.15, -0.1) is 0 Å². The Morgan fingerprint density at radius 3 is 2.05 bits per heavy atom. The van der Waals surface area contributed by atoms with Crippen LogP contribution in [0.5, 0.6) is 5.75 Å². The molecule has 2 aromatic rings. The van der Waals surface area contributed by atoms with Gasteiger partial charge in [-0.1, -0.05) is 6.92 Å². The Bertz CT molecular complexity index is 1060. The molecule has 1 saturated carbocycles. The molecule has 2 amide bonds. The van der Waals surface area contributed by atoms with Gasteiger partial charge in [0.15, 0.2) is 0 Å². The lowest BCUT2D eigenvalue weighted by Gasteiger charge is -2.31. The Kier molecular flexibility index (Phi) is 8.98. The van der Waals surface area contributed by atoms with Crippen molar-refractivity contribution in [2.75, 3.05) is 31.1 Å². The maximum Gasteiger partial charge on any atom is 0.306 e. The van der Waals surface area contributed by atoms with Crippen LogP contribution in [0.25, 0.3) is 0 Å². The molecule has 4 rings (SSSR count). The third-order valence-corrected chi connectivity index (χ3v) is 7.26. The molecule has 9 heteroatoms. The number of carboxylic acids is 1. The summed E-state index contributed by atoms with van der Waals surface area (Å²) in [6, 6.07) is 10.6. The zero-order valence-corrected chi connectivity index (χ0v) is 21.3. The van der Waals surface area contributed by atoms with Gasteiger partial charge in [-0.2, -0.15) is 0 Å². The van der Waals surface area contributed by atoms with E-state index in [9.17, 15) is 14.4 Å². The summed E-state index contributed by atoms with van der Waals surface area (Å²) in [6.07, 6.45) is 6.58. The number of carboxylic acid groups (broad SMARTS) is 1. The highest BCUT2D eigenvalue weighted by molar-refractivity contribution is 5.95. The summed E-state index contributed by atoms with van der Waals surface area (Å²) in [5.74, 6) is 0.848. The second-order valence-corrected chi connectivity index (χ2v) is 10.0. The van der Waals surface area contributed by atoms with E-state index in [0.717, 1.165) is 37.7 Å². The van der Waals surface area contributed by atoms with Crippen molar-refractivity contribution in [2.24, 2.45) is 11.8 Å². The molecule has 0 bridgehead atoms. The molecule has 9 nitrogen and oxygen atoms in total. The van der Waals surface area contributed by atoms with Crippen molar-refractivity contribution in [3.8, 4) is 5.75 Å². The molecule has 1 aliphatic carbocycles. The zero-order chi connectivity index (χ0) is 26.2. The van der Waals surface area contributed by atoms with Crippen molar-refractivity contribution in [1.29, 1.82) is 0 Å². The summed E-state index contributed by atoms with van der Waals surface area (Å²) in [4.78, 5) is 42.6. The second-order valence-electron chi connectivity index (χ2n) is 10.0. The van der Waals surface area contributed by atoms with Gasteiger partial charge in [-0.05, 0) is 80.8 Å². The molecule has 37 heavy (non-hydrogen) atoms. The molecular formula is C28H36N4O5. The van der Waals surface area contributed by atoms with Gasteiger partial charge in [0.05, 0.1) is 17.6 Å². The molecule has 3 N–H and O–H groups in total. The van der Waals surface area contributed by atoms with E-state index >= 15 is 0 Å². The second kappa shape index (κ2) is 12.6. The molecule has 2 heterocycles. The van der Waals surface area contributed by atoms with Crippen molar-refractivity contribution in [1.82, 2.24) is 15.6 Å². The Hall–Kier alpha value is -3.62. The number of amides is 2. The van der Waals surface area contributed by atoms with Crippen molar-refractivity contribution >= 4 is 23.6 Å². The molecular weight excluding hydrogens is 472 g/mol. The van der Waals surface area contributed by atoms with E-state index < -0.39 is 5.97 Å². The lowest BCUT2D eigenvalue weighted by molar-refractivity contribution is -0.143. The van der Waals surface area contributed by atoms with E-state index in [2.05, 4.69) is 27.4 Å². The number of nitrogens with one attached hydrogen (secondary N) is 2. The number of aromatic nitrogens is 1. The topological polar surface area (TPSA) is 121 Å². The normalized spacial score (nSPS) is 20.2.